The molecule has 0 N–H and O–H groups in total. The van der Waals surface area contributed by atoms with Gasteiger partial charge in [0.25, 0.3) is 0 Å². The zero-order valence-electron chi connectivity index (χ0n) is 7.21. The van der Waals surface area contributed by atoms with E-state index in [1.165, 1.54) is 0 Å². The lowest BCUT2D eigenvalue weighted by molar-refractivity contribution is -0.129. The SMILES string of the molecule is O=C1CCC2CC(=O)CCC2C1. The van der Waals surface area contributed by atoms with Gasteiger partial charge in [0.1, 0.15) is 11.6 Å². The highest BCUT2D eigenvalue weighted by molar-refractivity contribution is 5.82. The Morgan fingerprint density at radius 2 is 1.25 bits per heavy atom. The van der Waals surface area contributed by atoms with Crippen molar-refractivity contribution in [2.75, 3.05) is 0 Å². The molecule has 0 amide bonds. The maximum Gasteiger partial charge on any atom is 0.133 e. The summed E-state index contributed by atoms with van der Waals surface area (Å²) < 4.78 is 0. The average Bonchev–Trinajstić information content (AvgIpc) is 2.05. The molecule has 0 spiro atoms. The second kappa shape index (κ2) is 3.00. The zero-order chi connectivity index (χ0) is 8.55. The summed E-state index contributed by atoms with van der Waals surface area (Å²) in [6, 6.07) is 0. The molecule has 0 aromatic heterocycles. The maximum atomic E-state index is 11.1. The fourth-order valence-corrected chi connectivity index (χ4v) is 2.49. The maximum absolute atomic E-state index is 11.1. The monoisotopic (exact) mass is 166 g/mol. The van der Waals surface area contributed by atoms with Crippen LogP contribution in [0.1, 0.15) is 38.5 Å². The van der Waals surface area contributed by atoms with E-state index in [0.717, 1.165) is 25.7 Å². The molecule has 2 aliphatic rings. The molecule has 0 bridgehead atoms. The highest BCUT2D eigenvalue weighted by atomic mass is 16.1. The first kappa shape index (κ1) is 7.96. The number of hydrogen-bond acceptors (Lipinski definition) is 2. The minimum atomic E-state index is 0.408. The number of hydrogen-bond donors (Lipinski definition) is 0. The van der Waals surface area contributed by atoms with Crippen LogP contribution in [0.3, 0.4) is 0 Å². The van der Waals surface area contributed by atoms with Gasteiger partial charge in [0.2, 0.25) is 0 Å². The highest BCUT2D eigenvalue weighted by Gasteiger charge is 2.33. The van der Waals surface area contributed by atoms with Crippen LogP contribution in [0, 0.1) is 11.8 Å². The molecule has 66 valence electrons. The summed E-state index contributed by atoms with van der Waals surface area (Å²) in [7, 11) is 0. The molecule has 0 heterocycles. The summed E-state index contributed by atoms with van der Waals surface area (Å²) in [5.74, 6) is 1.91. The second-order valence-corrected chi connectivity index (χ2v) is 4.08. The van der Waals surface area contributed by atoms with Crippen molar-refractivity contribution in [2.24, 2.45) is 11.8 Å². The van der Waals surface area contributed by atoms with Crippen molar-refractivity contribution in [2.45, 2.75) is 38.5 Å². The average molecular weight is 166 g/mol. The Balaban J connectivity index is 2.02. The lowest BCUT2D eigenvalue weighted by Crippen LogP contribution is -2.31. The quantitative estimate of drug-likeness (QED) is 0.549. The topological polar surface area (TPSA) is 34.1 Å². The molecule has 0 aromatic rings. The van der Waals surface area contributed by atoms with E-state index in [-0.39, 0.29) is 0 Å². The zero-order valence-corrected chi connectivity index (χ0v) is 7.21. The summed E-state index contributed by atoms with van der Waals surface area (Å²) in [6.45, 7) is 0. The number of fused-ring (bicyclic) bond motifs is 1. The predicted octanol–water partition coefficient (Wildman–Crippen LogP) is 1.72. The molecule has 2 saturated carbocycles. The van der Waals surface area contributed by atoms with Crippen LogP contribution in [-0.2, 0) is 9.59 Å². The van der Waals surface area contributed by atoms with Crippen LogP contribution in [0.15, 0.2) is 0 Å². The van der Waals surface area contributed by atoms with E-state index in [9.17, 15) is 9.59 Å². The van der Waals surface area contributed by atoms with Crippen LogP contribution < -0.4 is 0 Å². The second-order valence-electron chi connectivity index (χ2n) is 4.08. The fourth-order valence-electron chi connectivity index (χ4n) is 2.49. The first-order valence-electron chi connectivity index (χ1n) is 4.79. The lowest BCUT2D eigenvalue weighted by atomic mass is 9.70. The Morgan fingerprint density at radius 1 is 0.833 bits per heavy atom. The van der Waals surface area contributed by atoms with Crippen molar-refractivity contribution < 1.29 is 9.59 Å². The molecule has 12 heavy (non-hydrogen) atoms. The van der Waals surface area contributed by atoms with E-state index in [0.29, 0.717) is 36.2 Å². The Labute approximate surface area is 72.3 Å². The Bertz CT molecular complexity index is 196. The standard InChI is InChI=1S/C10H14O2/c11-9-3-1-7-5-10(12)4-2-8(7)6-9/h7-8H,1-6H2. The molecule has 2 heteroatoms. The third-order valence-corrected chi connectivity index (χ3v) is 3.23. The number of carbonyl (C=O) groups excluding carboxylic acids is 2. The van der Waals surface area contributed by atoms with Gasteiger partial charge in [-0.15, -0.1) is 0 Å². The lowest BCUT2D eigenvalue weighted by Gasteiger charge is -2.33. The minimum absolute atomic E-state index is 0.408. The Morgan fingerprint density at radius 3 is 1.67 bits per heavy atom. The van der Waals surface area contributed by atoms with Crippen LogP contribution in [0.5, 0.6) is 0 Å². The van der Waals surface area contributed by atoms with E-state index in [1.807, 2.05) is 0 Å². The van der Waals surface area contributed by atoms with Crippen molar-refractivity contribution >= 4 is 11.6 Å². The first-order valence-corrected chi connectivity index (χ1v) is 4.79. The van der Waals surface area contributed by atoms with Gasteiger partial charge in [-0.25, -0.2) is 0 Å². The van der Waals surface area contributed by atoms with Gasteiger partial charge >= 0.3 is 0 Å². The van der Waals surface area contributed by atoms with E-state index in [2.05, 4.69) is 0 Å². The van der Waals surface area contributed by atoms with Gasteiger partial charge in [0.15, 0.2) is 0 Å². The van der Waals surface area contributed by atoms with E-state index in [1.54, 1.807) is 0 Å². The summed E-state index contributed by atoms with van der Waals surface area (Å²) in [5, 5.41) is 0. The van der Waals surface area contributed by atoms with Gasteiger partial charge in [0, 0.05) is 25.7 Å². The third kappa shape index (κ3) is 1.43. The van der Waals surface area contributed by atoms with Crippen molar-refractivity contribution in [3.05, 3.63) is 0 Å². The molecule has 2 unspecified atom stereocenters. The highest BCUT2D eigenvalue weighted by Crippen LogP contribution is 2.37. The number of rotatable bonds is 0. The molecule has 0 aliphatic heterocycles. The number of Topliss-reactive ketones (excluding diaryl/α,β-unsaturated/α-hetero) is 2. The fraction of sp³-hybridized carbons (Fsp3) is 0.800. The first-order chi connectivity index (χ1) is 5.75. The molecule has 2 aliphatic carbocycles. The predicted molar refractivity (Wildman–Crippen MR) is 44.7 cm³/mol. The molecule has 0 aromatic carbocycles. The molecule has 2 atom stereocenters. The summed E-state index contributed by atoms with van der Waals surface area (Å²) >= 11 is 0. The van der Waals surface area contributed by atoms with Gasteiger partial charge in [-0.3, -0.25) is 9.59 Å². The third-order valence-electron chi connectivity index (χ3n) is 3.23. The summed E-state index contributed by atoms with van der Waals surface area (Å²) in [4.78, 5) is 22.2. The van der Waals surface area contributed by atoms with Gasteiger partial charge in [0.05, 0.1) is 0 Å². The summed E-state index contributed by atoms with van der Waals surface area (Å²) in [5.41, 5.74) is 0. The number of ketones is 2. The molecular formula is C10H14O2. The van der Waals surface area contributed by atoms with Crippen LogP contribution in [0.25, 0.3) is 0 Å². The Hall–Kier alpha value is -0.660. The number of carbonyl (C=O) groups is 2. The molecule has 0 radical (unpaired) electrons. The van der Waals surface area contributed by atoms with Gasteiger partial charge in [-0.1, -0.05) is 0 Å². The van der Waals surface area contributed by atoms with Gasteiger partial charge < -0.3 is 0 Å². The van der Waals surface area contributed by atoms with Crippen LogP contribution in [0.4, 0.5) is 0 Å². The van der Waals surface area contributed by atoms with Crippen LogP contribution in [0.2, 0.25) is 0 Å². The van der Waals surface area contributed by atoms with Crippen molar-refractivity contribution in [3.8, 4) is 0 Å². The summed E-state index contributed by atoms with van der Waals surface area (Å²) in [6.07, 6.45) is 4.86. The molecule has 0 saturated heterocycles. The van der Waals surface area contributed by atoms with Crippen molar-refractivity contribution in [1.29, 1.82) is 0 Å². The molecule has 2 nitrogen and oxygen atoms in total. The van der Waals surface area contributed by atoms with Crippen molar-refractivity contribution in [3.63, 3.8) is 0 Å². The smallest absolute Gasteiger partial charge is 0.133 e. The van der Waals surface area contributed by atoms with Crippen molar-refractivity contribution in [1.82, 2.24) is 0 Å². The molecular weight excluding hydrogens is 152 g/mol. The van der Waals surface area contributed by atoms with E-state index in [4.69, 9.17) is 0 Å². The minimum Gasteiger partial charge on any atom is -0.300 e. The molecule has 2 rings (SSSR count). The van der Waals surface area contributed by atoms with Crippen LogP contribution >= 0.6 is 0 Å². The van der Waals surface area contributed by atoms with E-state index < -0.39 is 0 Å². The Kier molecular flexibility index (Phi) is 1.99. The van der Waals surface area contributed by atoms with E-state index >= 15 is 0 Å². The normalized spacial score (nSPS) is 36.3. The van der Waals surface area contributed by atoms with Crippen LogP contribution in [-0.4, -0.2) is 11.6 Å². The largest absolute Gasteiger partial charge is 0.300 e. The van der Waals surface area contributed by atoms with Gasteiger partial charge in [-0.2, -0.15) is 0 Å². The molecule has 2 fully saturated rings. The van der Waals surface area contributed by atoms with Gasteiger partial charge in [-0.05, 0) is 24.7 Å².